The molecule has 0 bridgehead atoms. The van der Waals surface area contributed by atoms with Gasteiger partial charge in [0.1, 0.15) is 12.1 Å². The van der Waals surface area contributed by atoms with E-state index in [-0.39, 0.29) is 29.0 Å². The summed E-state index contributed by atoms with van der Waals surface area (Å²) in [6.45, 7) is 7.30. The average molecular weight is 344 g/mol. The molecule has 23 heavy (non-hydrogen) atoms. The van der Waals surface area contributed by atoms with E-state index >= 15 is 0 Å². The molecule has 0 aromatic carbocycles. The zero-order chi connectivity index (χ0) is 17.7. The van der Waals surface area contributed by atoms with Crippen LogP contribution in [0.3, 0.4) is 0 Å². The van der Waals surface area contributed by atoms with E-state index in [2.05, 4.69) is 25.6 Å². The molecule has 0 aliphatic rings. The first-order valence-electron chi connectivity index (χ1n) is 7.15. The summed E-state index contributed by atoms with van der Waals surface area (Å²) in [4.78, 5) is 34.8. The number of nitrogens with zero attached hydrogens (tertiary/aromatic N) is 3. The second-order valence-electron chi connectivity index (χ2n) is 5.79. The molecule has 2 atom stereocenters. The summed E-state index contributed by atoms with van der Waals surface area (Å²) >= 11 is 5.86. The van der Waals surface area contributed by atoms with E-state index < -0.39 is 23.9 Å². The predicted molar refractivity (Wildman–Crippen MR) is 87.7 cm³/mol. The fourth-order valence-electron chi connectivity index (χ4n) is 1.89. The normalized spacial score (nSPS) is 13.7. The Morgan fingerprint density at radius 3 is 1.48 bits per heavy atom. The van der Waals surface area contributed by atoms with Crippen LogP contribution in [0, 0.1) is 11.8 Å². The van der Waals surface area contributed by atoms with Crippen LogP contribution in [0.4, 0.5) is 11.9 Å². The standard InChI is InChI=1S/C13H22ClN7O2/c1-5(2)7(9(15)22)17-12-19-11(14)20-13(21-12)18-8(6(3)4)10(16)23/h5-8H,1-4H3,(H2,15,22)(H2,16,23)(H2,17,18,19,20,21)/t7-,8-/m0/s1. The van der Waals surface area contributed by atoms with Gasteiger partial charge < -0.3 is 22.1 Å². The molecule has 0 saturated heterocycles. The van der Waals surface area contributed by atoms with Gasteiger partial charge in [0.25, 0.3) is 0 Å². The molecular formula is C13H22ClN7O2. The van der Waals surface area contributed by atoms with Gasteiger partial charge in [0.05, 0.1) is 0 Å². The van der Waals surface area contributed by atoms with Gasteiger partial charge in [-0.15, -0.1) is 0 Å². The maximum Gasteiger partial charge on any atom is 0.240 e. The molecule has 0 unspecified atom stereocenters. The second-order valence-corrected chi connectivity index (χ2v) is 6.13. The molecule has 128 valence electrons. The third-order valence-electron chi connectivity index (χ3n) is 3.12. The van der Waals surface area contributed by atoms with Gasteiger partial charge in [0, 0.05) is 0 Å². The lowest BCUT2D eigenvalue weighted by Gasteiger charge is -2.21. The van der Waals surface area contributed by atoms with Crippen LogP contribution in [0.25, 0.3) is 0 Å². The highest BCUT2D eigenvalue weighted by atomic mass is 35.5. The number of hydrogen-bond acceptors (Lipinski definition) is 7. The summed E-state index contributed by atoms with van der Waals surface area (Å²) in [7, 11) is 0. The topological polar surface area (TPSA) is 149 Å². The molecule has 1 heterocycles. The lowest BCUT2D eigenvalue weighted by atomic mass is 10.0. The van der Waals surface area contributed by atoms with Crippen LogP contribution < -0.4 is 22.1 Å². The lowest BCUT2D eigenvalue weighted by Crippen LogP contribution is -2.41. The van der Waals surface area contributed by atoms with Crippen LogP contribution >= 0.6 is 11.6 Å². The van der Waals surface area contributed by atoms with Gasteiger partial charge in [-0.3, -0.25) is 9.59 Å². The molecular weight excluding hydrogens is 322 g/mol. The first-order chi connectivity index (χ1) is 10.6. The summed E-state index contributed by atoms with van der Waals surface area (Å²) in [6.07, 6.45) is 0. The molecule has 6 N–H and O–H groups in total. The van der Waals surface area contributed by atoms with Gasteiger partial charge in [-0.1, -0.05) is 27.7 Å². The number of nitrogens with one attached hydrogen (secondary N) is 2. The number of anilines is 2. The Bertz CT molecular complexity index is 533. The van der Waals surface area contributed by atoms with Crippen molar-refractivity contribution in [3.8, 4) is 0 Å². The number of carbonyl (C=O) groups excluding carboxylic acids is 2. The molecule has 9 nitrogen and oxygen atoms in total. The monoisotopic (exact) mass is 343 g/mol. The van der Waals surface area contributed by atoms with E-state index in [1.165, 1.54) is 0 Å². The van der Waals surface area contributed by atoms with Crippen LogP contribution in [0.5, 0.6) is 0 Å². The van der Waals surface area contributed by atoms with Crippen molar-refractivity contribution >= 4 is 35.3 Å². The maximum atomic E-state index is 11.5. The zero-order valence-electron chi connectivity index (χ0n) is 13.5. The van der Waals surface area contributed by atoms with Crippen molar-refractivity contribution in [2.75, 3.05) is 10.6 Å². The Hall–Kier alpha value is -2.16. The third-order valence-corrected chi connectivity index (χ3v) is 3.29. The fraction of sp³-hybridized carbons (Fsp3) is 0.615. The fourth-order valence-corrected chi connectivity index (χ4v) is 2.05. The second kappa shape index (κ2) is 7.91. The maximum absolute atomic E-state index is 11.5. The highest BCUT2D eigenvalue weighted by Crippen LogP contribution is 2.15. The minimum absolute atomic E-state index is 0.0755. The quantitative estimate of drug-likeness (QED) is 0.532. The van der Waals surface area contributed by atoms with Crippen LogP contribution in [-0.4, -0.2) is 38.8 Å². The molecule has 0 fully saturated rings. The Morgan fingerprint density at radius 2 is 1.22 bits per heavy atom. The van der Waals surface area contributed by atoms with E-state index in [0.717, 1.165) is 0 Å². The van der Waals surface area contributed by atoms with Gasteiger partial charge in [-0.2, -0.15) is 15.0 Å². The minimum atomic E-state index is -0.668. The zero-order valence-corrected chi connectivity index (χ0v) is 14.3. The lowest BCUT2D eigenvalue weighted by molar-refractivity contribution is -0.120. The summed E-state index contributed by atoms with van der Waals surface area (Å²) in [5.41, 5.74) is 10.7. The van der Waals surface area contributed by atoms with Crippen LogP contribution in [-0.2, 0) is 9.59 Å². The summed E-state index contributed by atoms with van der Waals surface area (Å²) in [6, 6.07) is -1.34. The number of aromatic nitrogens is 3. The smallest absolute Gasteiger partial charge is 0.240 e. The van der Waals surface area contributed by atoms with E-state index in [0.29, 0.717) is 0 Å². The van der Waals surface area contributed by atoms with Crippen LogP contribution in [0.2, 0.25) is 5.28 Å². The molecule has 0 radical (unpaired) electrons. The van der Waals surface area contributed by atoms with Crippen LogP contribution in [0.15, 0.2) is 0 Å². The first-order valence-corrected chi connectivity index (χ1v) is 7.52. The number of primary amides is 2. The van der Waals surface area contributed by atoms with E-state index in [1.54, 1.807) is 0 Å². The van der Waals surface area contributed by atoms with Gasteiger partial charge in [-0.25, -0.2) is 0 Å². The van der Waals surface area contributed by atoms with E-state index in [1.807, 2.05) is 27.7 Å². The molecule has 0 aliphatic heterocycles. The largest absolute Gasteiger partial charge is 0.368 e. The van der Waals surface area contributed by atoms with Crippen molar-refractivity contribution < 1.29 is 9.59 Å². The number of nitrogens with two attached hydrogens (primary N) is 2. The third kappa shape index (κ3) is 5.51. The SMILES string of the molecule is CC(C)[C@H](Nc1nc(Cl)nc(N[C@H](C(N)=O)C(C)C)n1)C(N)=O. The summed E-state index contributed by atoms with van der Waals surface area (Å²) < 4.78 is 0. The molecule has 0 saturated carbocycles. The molecule has 0 aliphatic carbocycles. The van der Waals surface area contributed by atoms with Gasteiger partial charge >= 0.3 is 0 Å². The number of halogens is 1. The molecule has 1 aromatic heterocycles. The molecule has 1 aromatic rings. The molecule has 2 amide bonds. The predicted octanol–water partition coefficient (Wildman–Crippen LogP) is 0.369. The van der Waals surface area contributed by atoms with Gasteiger partial charge in [0.2, 0.25) is 29.0 Å². The molecule has 10 heteroatoms. The van der Waals surface area contributed by atoms with Crippen molar-refractivity contribution in [1.29, 1.82) is 0 Å². The molecule has 1 rings (SSSR count). The van der Waals surface area contributed by atoms with E-state index in [4.69, 9.17) is 23.1 Å². The summed E-state index contributed by atoms with van der Waals surface area (Å²) in [5, 5.41) is 5.53. The number of carbonyl (C=O) groups is 2. The highest BCUT2D eigenvalue weighted by molar-refractivity contribution is 6.28. The first kappa shape index (κ1) is 18.9. The van der Waals surface area contributed by atoms with Gasteiger partial charge in [0.15, 0.2) is 0 Å². The van der Waals surface area contributed by atoms with E-state index in [9.17, 15) is 9.59 Å². The summed E-state index contributed by atoms with van der Waals surface area (Å²) in [5.74, 6) is -1.07. The van der Waals surface area contributed by atoms with Crippen molar-refractivity contribution in [1.82, 2.24) is 15.0 Å². The Morgan fingerprint density at radius 1 is 0.870 bits per heavy atom. The van der Waals surface area contributed by atoms with Crippen molar-refractivity contribution in [3.63, 3.8) is 0 Å². The van der Waals surface area contributed by atoms with Crippen molar-refractivity contribution in [2.45, 2.75) is 39.8 Å². The van der Waals surface area contributed by atoms with Crippen molar-refractivity contribution in [3.05, 3.63) is 5.28 Å². The van der Waals surface area contributed by atoms with Gasteiger partial charge in [-0.05, 0) is 23.4 Å². The highest BCUT2D eigenvalue weighted by Gasteiger charge is 2.23. The Kier molecular flexibility index (Phi) is 6.49. The molecule has 0 spiro atoms. The van der Waals surface area contributed by atoms with Crippen molar-refractivity contribution in [2.24, 2.45) is 23.3 Å². The number of hydrogen-bond donors (Lipinski definition) is 4. The Labute approximate surface area is 139 Å². The average Bonchev–Trinajstić information content (AvgIpc) is 2.40. The Balaban J connectivity index is 3.03. The minimum Gasteiger partial charge on any atom is -0.368 e. The number of amides is 2. The van der Waals surface area contributed by atoms with Crippen LogP contribution in [0.1, 0.15) is 27.7 Å². The number of rotatable bonds is 8.